The fraction of sp³-hybridized carbons (Fsp3) is 0.625. The molecule has 1 unspecified atom stereocenters. The van der Waals surface area contributed by atoms with Crippen LogP contribution < -0.4 is 5.32 Å². The lowest BCUT2D eigenvalue weighted by Gasteiger charge is -2.37. The standard InChI is InChI=1S/C16H24BrNO/c1-3-19-16(10-6-7-11-16)15(18-2)12-13-8-4-5-9-14(13)17/h4-5,8-9,15,18H,3,6-7,10-12H2,1-2H3. The predicted molar refractivity (Wildman–Crippen MR) is 83.5 cm³/mol. The summed E-state index contributed by atoms with van der Waals surface area (Å²) in [6.45, 7) is 2.90. The topological polar surface area (TPSA) is 21.3 Å². The second-order valence-electron chi connectivity index (χ2n) is 5.34. The lowest BCUT2D eigenvalue weighted by atomic mass is 9.87. The van der Waals surface area contributed by atoms with Gasteiger partial charge in [-0.05, 0) is 44.9 Å². The second kappa shape index (κ2) is 6.87. The van der Waals surface area contributed by atoms with Crippen molar-refractivity contribution in [2.75, 3.05) is 13.7 Å². The minimum absolute atomic E-state index is 0.0266. The first-order valence-electron chi connectivity index (χ1n) is 7.26. The monoisotopic (exact) mass is 325 g/mol. The van der Waals surface area contributed by atoms with Crippen molar-refractivity contribution in [3.63, 3.8) is 0 Å². The molecule has 0 heterocycles. The Balaban J connectivity index is 2.17. The van der Waals surface area contributed by atoms with Gasteiger partial charge in [0.05, 0.1) is 5.60 Å². The van der Waals surface area contributed by atoms with Crippen LogP contribution in [0.5, 0.6) is 0 Å². The average molecular weight is 326 g/mol. The molecular formula is C16H24BrNO. The number of likely N-dealkylation sites (N-methyl/N-ethyl adjacent to an activating group) is 1. The molecular weight excluding hydrogens is 302 g/mol. The first-order valence-corrected chi connectivity index (χ1v) is 8.06. The molecule has 1 aromatic rings. The molecule has 0 saturated heterocycles. The molecule has 1 aliphatic carbocycles. The summed E-state index contributed by atoms with van der Waals surface area (Å²) in [4.78, 5) is 0. The Morgan fingerprint density at radius 3 is 2.58 bits per heavy atom. The summed E-state index contributed by atoms with van der Waals surface area (Å²) in [6.07, 6.45) is 5.94. The zero-order valence-corrected chi connectivity index (χ0v) is 13.5. The molecule has 0 spiro atoms. The third kappa shape index (κ3) is 3.39. The van der Waals surface area contributed by atoms with E-state index in [0.717, 1.165) is 13.0 Å². The summed E-state index contributed by atoms with van der Waals surface area (Å²) >= 11 is 3.65. The zero-order valence-electron chi connectivity index (χ0n) is 11.9. The van der Waals surface area contributed by atoms with Crippen molar-refractivity contribution >= 4 is 15.9 Å². The molecule has 3 heteroatoms. The van der Waals surface area contributed by atoms with Gasteiger partial charge in [-0.1, -0.05) is 47.0 Å². The average Bonchev–Trinajstić information content (AvgIpc) is 2.88. The largest absolute Gasteiger partial charge is 0.374 e. The van der Waals surface area contributed by atoms with Gasteiger partial charge in [0.2, 0.25) is 0 Å². The number of hydrogen-bond acceptors (Lipinski definition) is 2. The lowest BCUT2D eigenvalue weighted by molar-refractivity contribution is -0.0597. The number of ether oxygens (including phenoxy) is 1. The van der Waals surface area contributed by atoms with Crippen LogP contribution in [0.3, 0.4) is 0 Å². The van der Waals surface area contributed by atoms with Gasteiger partial charge in [-0.25, -0.2) is 0 Å². The summed E-state index contributed by atoms with van der Waals surface area (Å²) < 4.78 is 7.37. The number of rotatable bonds is 6. The van der Waals surface area contributed by atoms with Crippen LogP contribution in [0.2, 0.25) is 0 Å². The molecule has 19 heavy (non-hydrogen) atoms. The van der Waals surface area contributed by atoms with Crippen LogP contribution >= 0.6 is 15.9 Å². The van der Waals surface area contributed by atoms with Gasteiger partial charge in [0.15, 0.2) is 0 Å². The number of nitrogens with one attached hydrogen (secondary N) is 1. The summed E-state index contributed by atoms with van der Waals surface area (Å²) in [5.74, 6) is 0. The third-order valence-electron chi connectivity index (χ3n) is 4.25. The van der Waals surface area contributed by atoms with Crippen LogP contribution in [-0.4, -0.2) is 25.3 Å². The van der Waals surface area contributed by atoms with Gasteiger partial charge in [-0.3, -0.25) is 0 Å². The molecule has 1 aliphatic rings. The van der Waals surface area contributed by atoms with E-state index in [4.69, 9.17) is 4.74 Å². The van der Waals surface area contributed by atoms with E-state index < -0.39 is 0 Å². The molecule has 0 amide bonds. The maximum atomic E-state index is 6.18. The number of benzene rings is 1. The Labute approximate surface area is 125 Å². The number of halogens is 1. The van der Waals surface area contributed by atoms with Crippen molar-refractivity contribution in [1.82, 2.24) is 5.32 Å². The van der Waals surface area contributed by atoms with Crippen LogP contribution in [0.15, 0.2) is 28.7 Å². The van der Waals surface area contributed by atoms with E-state index in [-0.39, 0.29) is 5.60 Å². The fourth-order valence-electron chi connectivity index (χ4n) is 3.29. The molecule has 2 nitrogen and oxygen atoms in total. The fourth-order valence-corrected chi connectivity index (χ4v) is 3.74. The van der Waals surface area contributed by atoms with Crippen molar-refractivity contribution < 1.29 is 4.74 Å². The molecule has 0 radical (unpaired) electrons. The van der Waals surface area contributed by atoms with E-state index in [1.54, 1.807) is 0 Å². The van der Waals surface area contributed by atoms with Crippen molar-refractivity contribution in [2.24, 2.45) is 0 Å². The van der Waals surface area contributed by atoms with Crippen molar-refractivity contribution in [2.45, 2.75) is 50.7 Å². The van der Waals surface area contributed by atoms with Crippen LogP contribution in [0.25, 0.3) is 0 Å². The molecule has 1 saturated carbocycles. The maximum absolute atomic E-state index is 6.18. The van der Waals surface area contributed by atoms with Crippen LogP contribution in [0, 0.1) is 0 Å². The van der Waals surface area contributed by atoms with Gasteiger partial charge >= 0.3 is 0 Å². The lowest BCUT2D eigenvalue weighted by Crippen LogP contribution is -2.51. The first kappa shape index (κ1) is 15.0. The highest BCUT2D eigenvalue weighted by Crippen LogP contribution is 2.37. The quantitative estimate of drug-likeness (QED) is 0.855. The minimum atomic E-state index is 0.0266. The van der Waals surface area contributed by atoms with E-state index in [1.165, 1.54) is 35.7 Å². The Kier molecular flexibility index (Phi) is 5.43. The van der Waals surface area contributed by atoms with E-state index in [1.807, 2.05) is 0 Å². The van der Waals surface area contributed by atoms with Crippen LogP contribution in [0.1, 0.15) is 38.2 Å². The Bertz CT molecular complexity index is 401. The highest BCUT2D eigenvalue weighted by atomic mass is 79.9. The van der Waals surface area contributed by atoms with Gasteiger partial charge in [-0.2, -0.15) is 0 Å². The molecule has 0 bridgehead atoms. The van der Waals surface area contributed by atoms with Crippen molar-refractivity contribution in [1.29, 1.82) is 0 Å². The van der Waals surface area contributed by atoms with E-state index in [0.29, 0.717) is 6.04 Å². The molecule has 106 valence electrons. The van der Waals surface area contributed by atoms with Crippen molar-refractivity contribution in [3.8, 4) is 0 Å². The first-order chi connectivity index (χ1) is 9.22. The summed E-state index contributed by atoms with van der Waals surface area (Å²) in [5, 5.41) is 3.50. The molecule has 1 aromatic carbocycles. The van der Waals surface area contributed by atoms with Crippen molar-refractivity contribution in [3.05, 3.63) is 34.3 Å². The molecule has 2 rings (SSSR count). The van der Waals surface area contributed by atoms with Crippen LogP contribution in [-0.2, 0) is 11.2 Å². The normalized spacial score (nSPS) is 19.5. The van der Waals surface area contributed by atoms with Gasteiger partial charge in [0.1, 0.15) is 0 Å². The number of hydrogen-bond donors (Lipinski definition) is 1. The van der Waals surface area contributed by atoms with Gasteiger partial charge in [0.25, 0.3) is 0 Å². The third-order valence-corrected chi connectivity index (χ3v) is 5.02. The highest BCUT2D eigenvalue weighted by molar-refractivity contribution is 9.10. The molecule has 1 atom stereocenters. The van der Waals surface area contributed by atoms with Gasteiger partial charge < -0.3 is 10.1 Å². The predicted octanol–water partition coefficient (Wildman–Crippen LogP) is 3.93. The summed E-state index contributed by atoms with van der Waals surface area (Å²) in [7, 11) is 2.06. The second-order valence-corrected chi connectivity index (χ2v) is 6.20. The highest BCUT2D eigenvalue weighted by Gasteiger charge is 2.41. The Morgan fingerprint density at radius 1 is 1.32 bits per heavy atom. The maximum Gasteiger partial charge on any atom is 0.0837 e. The summed E-state index contributed by atoms with van der Waals surface area (Å²) in [6, 6.07) is 8.87. The summed E-state index contributed by atoms with van der Waals surface area (Å²) in [5.41, 5.74) is 1.38. The molecule has 1 fully saturated rings. The SMILES string of the molecule is CCOC1(C(Cc2ccccc2Br)NC)CCCC1. The zero-order chi connectivity index (χ0) is 13.7. The Hall–Kier alpha value is -0.380. The smallest absolute Gasteiger partial charge is 0.0837 e. The van der Waals surface area contributed by atoms with Gasteiger partial charge in [-0.15, -0.1) is 0 Å². The Morgan fingerprint density at radius 2 is 2.00 bits per heavy atom. The van der Waals surface area contributed by atoms with E-state index in [9.17, 15) is 0 Å². The van der Waals surface area contributed by atoms with Crippen LogP contribution in [0.4, 0.5) is 0 Å². The molecule has 0 aromatic heterocycles. The van der Waals surface area contributed by atoms with E-state index in [2.05, 4.69) is 59.5 Å². The van der Waals surface area contributed by atoms with E-state index >= 15 is 0 Å². The minimum Gasteiger partial charge on any atom is -0.374 e. The molecule has 0 aliphatic heterocycles. The van der Waals surface area contributed by atoms with Gasteiger partial charge in [0, 0.05) is 17.1 Å². The molecule has 1 N–H and O–H groups in total.